The Morgan fingerprint density at radius 2 is 2.07 bits per heavy atom. The van der Waals surface area contributed by atoms with Crippen molar-refractivity contribution < 1.29 is 9.90 Å². The van der Waals surface area contributed by atoms with Crippen molar-refractivity contribution in [3.8, 4) is 5.75 Å². The van der Waals surface area contributed by atoms with Gasteiger partial charge in [0.15, 0.2) is 5.03 Å². The molecule has 0 aliphatic rings. The van der Waals surface area contributed by atoms with Crippen molar-refractivity contribution in [2.75, 3.05) is 0 Å². The highest BCUT2D eigenvalue weighted by atomic mass is 32.2. The van der Waals surface area contributed by atoms with Gasteiger partial charge in [0.1, 0.15) is 5.75 Å². The van der Waals surface area contributed by atoms with E-state index in [4.69, 9.17) is 0 Å². The number of hydrogen-bond acceptors (Lipinski definition) is 7. The molecule has 0 aliphatic carbocycles. The molecule has 9 nitrogen and oxygen atoms in total. The van der Waals surface area contributed by atoms with Gasteiger partial charge in [0.2, 0.25) is 0 Å². The molecule has 1 aromatic heterocycles. The van der Waals surface area contributed by atoms with Gasteiger partial charge in [-0.3, -0.25) is 14.6 Å². The molecule has 2 aromatic carbocycles. The molecule has 1 amide bonds. The maximum absolute atomic E-state index is 12.1. The molecule has 0 bridgehead atoms. The summed E-state index contributed by atoms with van der Waals surface area (Å²) < 4.78 is 0. The molecule has 0 saturated carbocycles. The molecule has 0 saturated heterocycles. The second-order valence-electron chi connectivity index (χ2n) is 5.53. The summed E-state index contributed by atoms with van der Waals surface area (Å²) in [6.45, 7) is 1.57. The molecular weight excluding hydrogens is 370 g/mol. The number of aromatic amines is 2. The first-order valence-electron chi connectivity index (χ1n) is 7.85. The SMILES string of the molecule is CC(Sc1n[nH]c(=O)[nH]c1=O)C(=O)N/N=C/c1c(O)ccc2ccccc12. The average molecular weight is 385 g/mol. The van der Waals surface area contributed by atoms with Crippen LogP contribution in [0.1, 0.15) is 12.5 Å². The molecule has 27 heavy (non-hydrogen) atoms. The van der Waals surface area contributed by atoms with E-state index in [1.54, 1.807) is 19.1 Å². The number of nitrogens with zero attached hydrogens (tertiary/aromatic N) is 2. The number of fused-ring (bicyclic) bond motifs is 1. The number of aromatic hydroxyl groups is 1. The van der Waals surface area contributed by atoms with E-state index < -0.39 is 22.4 Å². The predicted molar refractivity (Wildman–Crippen MR) is 102 cm³/mol. The highest BCUT2D eigenvalue weighted by molar-refractivity contribution is 8.00. The Morgan fingerprint density at radius 3 is 2.85 bits per heavy atom. The summed E-state index contributed by atoms with van der Waals surface area (Å²) >= 11 is 0.879. The van der Waals surface area contributed by atoms with Crippen molar-refractivity contribution in [1.29, 1.82) is 0 Å². The van der Waals surface area contributed by atoms with Crippen LogP contribution in [0.15, 0.2) is 56.1 Å². The third-order valence-electron chi connectivity index (χ3n) is 3.65. The Labute approximate surface area is 156 Å². The van der Waals surface area contributed by atoms with Crippen molar-refractivity contribution in [2.24, 2.45) is 5.10 Å². The summed E-state index contributed by atoms with van der Waals surface area (Å²) in [7, 11) is 0. The maximum Gasteiger partial charge on any atom is 0.342 e. The molecule has 138 valence electrons. The van der Waals surface area contributed by atoms with Gasteiger partial charge in [0.05, 0.1) is 11.5 Å². The first-order chi connectivity index (χ1) is 13.0. The van der Waals surface area contributed by atoms with Crippen LogP contribution in [-0.4, -0.2) is 37.7 Å². The normalized spacial score (nSPS) is 12.3. The van der Waals surface area contributed by atoms with E-state index in [2.05, 4.69) is 20.7 Å². The number of hydrogen-bond donors (Lipinski definition) is 4. The molecule has 0 fully saturated rings. The summed E-state index contributed by atoms with van der Waals surface area (Å²) in [4.78, 5) is 36.7. The second-order valence-corrected chi connectivity index (χ2v) is 6.86. The van der Waals surface area contributed by atoms with Crippen LogP contribution >= 0.6 is 11.8 Å². The van der Waals surface area contributed by atoms with Crippen molar-refractivity contribution in [1.82, 2.24) is 20.6 Å². The molecule has 0 spiro atoms. The minimum absolute atomic E-state index is 0.0343. The third kappa shape index (κ3) is 4.23. The number of phenolic OH excluding ortho intramolecular Hbond substituents is 1. The zero-order valence-corrected chi connectivity index (χ0v) is 14.9. The molecule has 10 heteroatoms. The highest BCUT2D eigenvalue weighted by Crippen LogP contribution is 2.25. The summed E-state index contributed by atoms with van der Waals surface area (Å²) in [5.74, 6) is -0.429. The molecule has 4 N–H and O–H groups in total. The molecule has 3 aromatic rings. The fourth-order valence-electron chi connectivity index (χ4n) is 2.31. The fourth-order valence-corrected chi connectivity index (χ4v) is 3.06. The summed E-state index contributed by atoms with van der Waals surface area (Å²) in [5.41, 5.74) is 1.44. The Bertz CT molecular complexity index is 1140. The lowest BCUT2D eigenvalue weighted by atomic mass is 10.0. The fraction of sp³-hybridized carbons (Fsp3) is 0.118. The van der Waals surface area contributed by atoms with Gasteiger partial charge in [0, 0.05) is 5.56 Å². The number of carbonyl (C=O) groups excluding carboxylic acids is 1. The molecule has 1 atom stereocenters. The van der Waals surface area contributed by atoms with E-state index in [1.165, 1.54) is 6.21 Å². The largest absolute Gasteiger partial charge is 0.507 e. The Balaban J connectivity index is 1.71. The van der Waals surface area contributed by atoms with Crippen LogP contribution in [0.5, 0.6) is 5.75 Å². The lowest BCUT2D eigenvalue weighted by molar-refractivity contribution is -0.120. The minimum atomic E-state index is -0.721. The standard InChI is InChI=1S/C17H15N5O4S/c1-9(27-16-15(25)19-17(26)22-21-16)14(24)20-18-8-12-11-5-3-2-4-10(11)6-7-13(12)23/h2-9,23H,1H3,(H,20,24)(H2,19,22,25,26)/b18-8+. The van der Waals surface area contributed by atoms with Crippen LogP contribution in [0.3, 0.4) is 0 Å². The van der Waals surface area contributed by atoms with Gasteiger partial charge in [0.25, 0.3) is 11.5 Å². The van der Waals surface area contributed by atoms with Crippen molar-refractivity contribution >= 4 is 34.7 Å². The average Bonchev–Trinajstić information content (AvgIpc) is 2.65. The third-order valence-corrected chi connectivity index (χ3v) is 4.72. The number of benzene rings is 2. The van der Waals surface area contributed by atoms with E-state index in [1.807, 2.05) is 29.2 Å². The smallest absolute Gasteiger partial charge is 0.342 e. The number of thioether (sulfide) groups is 1. The monoisotopic (exact) mass is 385 g/mol. The molecule has 1 heterocycles. The van der Waals surface area contributed by atoms with Gasteiger partial charge >= 0.3 is 5.69 Å². The quantitative estimate of drug-likeness (QED) is 0.293. The lowest BCUT2D eigenvalue weighted by Crippen LogP contribution is -2.30. The number of rotatable bonds is 5. The minimum Gasteiger partial charge on any atom is -0.507 e. The number of nitrogens with one attached hydrogen (secondary N) is 3. The van der Waals surface area contributed by atoms with Crippen LogP contribution in [0, 0.1) is 0 Å². The summed E-state index contributed by atoms with van der Waals surface area (Å²) in [6.07, 6.45) is 1.36. The van der Waals surface area contributed by atoms with Gasteiger partial charge in [-0.15, -0.1) is 0 Å². The number of amides is 1. The first kappa shape index (κ1) is 18.4. The van der Waals surface area contributed by atoms with Gasteiger partial charge in [-0.2, -0.15) is 10.2 Å². The Hall–Kier alpha value is -3.40. The number of hydrazone groups is 1. The molecule has 0 aliphatic heterocycles. The molecule has 0 radical (unpaired) electrons. The van der Waals surface area contributed by atoms with E-state index in [-0.39, 0.29) is 10.8 Å². The van der Waals surface area contributed by atoms with Crippen LogP contribution in [-0.2, 0) is 4.79 Å². The van der Waals surface area contributed by atoms with E-state index in [0.29, 0.717) is 5.56 Å². The second kappa shape index (κ2) is 7.87. The first-order valence-corrected chi connectivity index (χ1v) is 8.73. The van der Waals surface area contributed by atoms with Crippen LogP contribution in [0.25, 0.3) is 10.8 Å². The number of carbonyl (C=O) groups is 1. The highest BCUT2D eigenvalue weighted by Gasteiger charge is 2.17. The van der Waals surface area contributed by atoms with Gasteiger partial charge in [-0.25, -0.2) is 15.3 Å². The van der Waals surface area contributed by atoms with E-state index in [0.717, 1.165) is 22.5 Å². The number of H-pyrrole nitrogens is 2. The molecule has 3 rings (SSSR count). The van der Waals surface area contributed by atoms with Gasteiger partial charge in [-0.05, 0) is 23.8 Å². The topological polar surface area (TPSA) is 140 Å². The Kier molecular flexibility index (Phi) is 5.36. The van der Waals surface area contributed by atoms with Crippen molar-refractivity contribution in [2.45, 2.75) is 17.2 Å². The summed E-state index contributed by atoms with van der Waals surface area (Å²) in [5, 5.41) is 20.6. The summed E-state index contributed by atoms with van der Waals surface area (Å²) in [6, 6.07) is 10.8. The molecule has 1 unspecified atom stereocenters. The lowest BCUT2D eigenvalue weighted by Gasteiger charge is -2.08. The van der Waals surface area contributed by atoms with Crippen molar-refractivity contribution in [3.63, 3.8) is 0 Å². The zero-order chi connectivity index (χ0) is 19.4. The predicted octanol–water partition coefficient (Wildman–Crippen LogP) is 0.948. The van der Waals surface area contributed by atoms with Crippen molar-refractivity contribution in [3.05, 3.63) is 62.8 Å². The Morgan fingerprint density at radius 1 is 1.30 bits per heavy atom. The van der Waals surface area contributed by atoms with Crippen LogP contribution < -0.4 is 16.7 Å². The van der Waals surface area contributed by atoms with Crippen LogP contribution in [0.4, 0.5) is 0 Å². The van der Waals surface area contributed by atoms with Gasteiger partial charge < -0.3 is 5.11 Å². The van der Waals surface area contributed by atoms with E-state index in [9.17, 15) is 19.5 Å². The molecular formula is C17H15N5O4S. The number of phenols is 1. The van der Waals surface area contributed by atoms with Gasteiger partial charge in [-0.1, -0.05) is 42.1 Å². The zero-order valence-electron chi connectivity index (χ0n) is 14.1. The maximum atomic E-state index is 12.1. The van der Waals surface area contributed by atoms with E-state index >= 15 is 0 Å². The number of aromatic nitrogens is 3. The van der Waals surface area contributed by atoms with Crippen LogP contribution in [0.2, 0.25) is 0 Å².